The molecule has 2 heterocycles. The number of nitrogens with zero attached hydrogens (tertiary/aromatic N) is 3. The van der Waals surface area contributed by atoms with Gasteiger partial charge in [0.25, 0.3) is 5.69 Å². The monoisotopic (exact) mass is 327 g/mol. The highest BCUT2D eigenvalue weighted by Crippen LogP contribution is 2.24. The van der Waals surface area contributed by atoms with E-state index in [9.17, 15) is 10.1 Å². The van der Waals surface area contributed by atoms with Gasteiger partial charge >= 0.3 is 0 Å². The van der Waals surface area contributed by atoms with Gasteiger partial charge in [-0.2, -0.15) is 0 Å². The largest absolute Gasteiger partial charge is 0.383 e. The minimum atomic E-state index is -0.479. The molecule has 5 N–H and O–H groups in total. The Labute approximate surface area is 138 Å². The van der Waals surface area contributed by atoms with E-state index in [4.69, 9.17) is 11.1 Å². The SMILES string of the molecule is N=C(c1ccc([N+](=O)[O-])cc1)c1c(N)ncnc1NC1CCNC1. The van der Waals surface area contributed by atoms with Gasteiger partial charge in [-0.1, -0.05) is 0 Å². The molecule has 3 rings (SSSR count). The molecular weight excluding hydrogens is 310 g/mol. The molecule has 9 heteroatoms. The van der Waals surface area contributed by atoms with Crippen molar-refractivity contribution in [2.45, 2.75) is 12.5 Å². The van der Waals surface area contributed by atoms with Crippen molar-refractivity contribution in [1.29, 1.82) is 5.41 Å². The predicted molar refractivity (Wildman–Crippen MR) is 90.4 cm³/mol. The van der Waals surface area contributed by atoms with Gasteiger partial charge in [0.1, 0.15) is 18.0 Å². The van der Waals surface area contributed by atoms with E-state index >= 15 is 0 Å². The zero-order valence-corrected chi connectivity index (χ0v) is 12.8. The first-order valence-corrected chi connectivity index (χ1v) is 7.47. The van der Waals surface area contributed by atoms with Gasteiger partial charge < -0.3 is 16.4 Å². The highest BCUT2D eigenvalue weighted by atomic mass is 16.6. The predicted octanol–water partition coefficient (Wildman–Crippen LogP) is 1.16. The van der Waals surface area contributed by atoms with Crippen LogP contribution in [0.3, 0.4) is 0 Å². The Bertz CT molecular complexity index is 770. The van der Waals surface area contributed by atoms with Crippen LogP contribution >= 0.6 is 0 Å². The van der Waals surface area contributed by atoms with Crippen molar-refractivity contribution in [3.05, 3.63) is 51.8 Å². The molecule has 1 atom stereocenters. The van der Waals surface area contributed by atoms with Crippen molar-refractivity contribution in [3.8, 4) is 0 Å². The third-order valence-electron chi connectivity index (χ3n) is 3.89. The number of hydrogen-bond acceptors (Lipinski definition) is 8. The van der Waals surface area contributed by atoms with E-state index in [2.05, 4.69) is 20.6 Å². The van der Waals surface area contributed by atoms with Crippen molar-refractivity contribution >= 4 is 23.0 Å². The Morgan fingerprint density at radius 2 is 2.12 bits per heavy atom. The number of nitro groups is 1. The fourth-order valence-electron chi connectivity index (χ4n) is 2.62. The first-order chi connectivity index (χ1) is 11.6. The van der Waals surface area contributed by atoms with E-state index in [1.54, 1.807) is 0 Å². The molecule has 1 fully saturated rings. The van der Waals surface area contributed by atoms with Gasteiger partial charge in [-0.05, 0) is 25.1 Å². The van der Waals surface area contributed by atoms with Crippen LogP contribution in [0.25, 0.3) is 0 Å². The third kappa shape index (κ3) is 3.15. The lowest BCUT2D eigenvalue weighted by Crippen LogP contribution is -2.25. The molecule has 0 radical (unpaired) electrons. The van der Waals surface area contributed by atoms with Crippen molar-refractivity contribution in [3.63, 3.8) is 0 Å². The zero-order valence-electron chi connectivity index (χ0n) is 12.8. The minimum absolute atomic E-state index is 0.0285. The number of nitrogens with two attached hydrogens (primary N) is 1. The summed E-state index contributed by atoms with van der Waals surface area (Å²) >= 11 is 0. The summed E-state index contributed by atoms with van der Waals surface area (Å²) in [5.41, 5.74) is 6.96. The minimum Gasteiger partial charge on any atom is -0.383 e. The maximum Gasteiger partial charge on any atom is 0.269 e. The molecule has 0 saturated carbocycles. The number of rotatable bonds is 5. The first kappa shape index (κ1) is 15.8. The van der Waals surface area contributed by atoms with Gasteiger partial charge in [0, 0.05) is 30.3 Å². The molecule has 1 aromatic carbocycles. The highest BCUT2D eigenvalue weighted by Gasteiger charge is 2.21. The van der Waals surface area contributed by atoms with Gasteiger partial charge in [-0.25, -0.2) is 9.97 Å². The van der Waals surface area contributed by atoms with Gasteiger partial charge in [0.15, 0.2) is 0 Å². The van der Waals surface area contributed by atoms with Crippen LogP contribution in [-0.2, 0) is 0 Å². The molecule has 1 saturated heterocycles. The van der Waals surface area contributed by atoms with Crippen LogP contribution in [-0.4, -0.2) is 39.7 Å². The molecule has 124 valence electrons. The molecule has 1 aliphatic rings. The van der Waals surface area contributed by atoms with Crippen molar-refractivity contribution in [2.75, 3.05) is 24.1 Å². The summed E-state index contributed by atoms with van der Waals surface area (Å²) in [6, 6.07) is 5.97. The van der Waals surface area contributed by atoms with E-state index in [-0.39, 0.29) is 23.3 Å². The Kier molecular flexibility index (Phi) is 4.34. The van der Waals surface area contributed by atoms with E-state index < -0.39 is 4.92 Å². The Morgan fingerprint density at radius 3 is 2.75 bits per heavy atom. The van der Waals surface area contributed by atoms with E-state index in [1.807, 2.05) is 0 Å². The summed E-state index contributed by atoms with van der Waals surface area (Å²) in [5, 5.41) is 25.7. The number of aromatic nitrogens is 2. The second-order valence-corrected chi connectivity index (χ2v) is 5.50. The lowest BCUT2D eigenvalue weighted by atomic mass is 10.0. The quantitative estimate of drug-likeness (QED) is 0.366. The molecule has 2 aromatic rings. The summed E-state index contributed by atoms with van der Waals surface area (Å²) in [4.78, 5) is 18.5. The maximum atomic E-state index is 10.7. The number of nitro benzene ring substituents is 1. The van der Waals surface area contributed by atoms with Crippen LogP contribution in [0.2, 0.25) is 0 Å². The van der Waals surface area contributed by atoms with Gasteiger partial charge in [-0.3, -0.25) is 15.5 Å². The normalized spacial score (nSPS) is 16.8. The topological polar surface area (TPSA) is 143 Å². The molecule has 9 nitrogen and oxygen atoms in total. The summed E-state index contributed by atoms with van der Waals surface area (Å²) in [6.45, 7) is 1.74. The Morgan fingerprint density at radius 1 is 1.38 bits per heavy atom. The van der Waals surface area contributed by atoms with E-state index in [1.165, 1.54) is 30.6 Å². The second kappa shape index (κ2) is 6.59. The smallest absolute Gasteiger partial charge is 0.269 e. The van der Waals surface area contributed by atoms with Gasteiger partial charge in [0.05, 0.1) is 16.2 Å². The van der Waals surface area contributed by atoms with Gasteiger partial charge in [0.2, 0.25) is 0 Å². The molecule has 1 aliphatic heterocycles. The van der Waals surface area contributed by atoms with E-state index in [0.717, 1.165) is 19.5 Å². The molecular formula is C15H17N7O2. The molecule has 1 unspecified atom stereocenters. The van der Waals surface area contributed by atoms with Gasteiger partial charge in [-0.15, -0.1) is 0 Å². The average Bonchev–Trinajstić information content (AvgIpc) is 3.07. The molecule has 0 spiro atoms. The summed E-state index contributed by atoms with van der Waals surface area (Å²) in [7, 11) is 0. The van der Waals surface area contributed by atoms with Crippen LogP contribution in [0.5, 0.6) is 0 Å². The first-order valence-electron chi connectivity index (χ1n) is 7.47. The fourth-order valence-corrected chi connectivity index (χ4v) is 2.62. The number of nitrogens with one attached hydrogen (secondary N) is 3. The molecule has 1 aromatic heterocycles. The Hall–Kier alpha value is -3.07. The zero-order chi connectivity index (χ0) is 17.1. The maximum absolute atomic E-state index is 10.7. The summed E-state index contributed by atoms with van der Waals surface area (Å²) in [5.74, 6) is 0.696. The lowest BCUT2D eigenvalue weighted by molar-refractivity contribution is -0.384. The molecule has 0 bridgehead atoms. The lowest BCUT2D eigenvalue weighted by Gasteiger charge is -2.17. The second-order valence-electron chi connectivity index (χ2n) is 5.50. The van der Waals surface area contributed by atoms with Crippen LogP contribution in [0.1, 0.15) is 17.5 Å². The highest BCUT2D eigenvalue weighted by molar-refractivity contribution is 6.16. The van der Waals surface area contributed by atoms with Crippen LogP contribution in [0.15, 0.2) is 30.6 Å². The fraction of sp³-hybridized carbons (Fsp3) is 0.267. The van der Waals surface area contributed by atoms with Crippen LogP contribution in [0.4, 0.5) is 17.3 Å². The van der Waals surface area contributed by atoms with Crippen molar-refractivity contribution in [2.24, 2.45) is 0 Å². The number of non-ortho nitro benzene ring substituents is 1. The summed E-state index contributed by atoms with van der Waals surface area (Å²) < 4.78 is 0. The molecule has 0 amide bonds. The van der Waals surface area contributed by atoms with Crippen LogP contribution in [0, 0.1) is 15.5 Å². The number of anilines is 2. The summed E-state index contributed by atoms with van der Waals surface area (Å²) in [6.07, 6.45) is 2.31. The van der Waals surface area contributed by atoms with Crippen molar-refractivity contribution < 1.29 is 4.92 Å². The number of nitrogen functional groups attached to an aromatic ring is 1. The third-order valence-corrected chi connectivity index (χ3v) is 3.89. The average molecular weight is 327 g/mol. The Balaban J connectivity index is 1.92. The number of hydrogen-bond donors (Lipinski definition) is 4. The van der Waals surface area contributed by atoms with E-state index in [0.29, 0.717) is 16.9 Å². The molecule has 0 aliphatic carbocycles. The number of benzene rings is 1. The standard InChI is InChI=1S/C15H17N7O2/c16-13(9-1-3-11(4-2-9)22(23)24)12-14(17)19-8-20-15(12)21-10-5-6-18-7-10/h1-4,8,10,16,18H,5-7H2,(H3,17,19,20,21). The van der Waals surface area contributed by atoms with Crippen molar-refractivity contribution in [1.82, 2.24) is 15.3 Å². The molecule has 24 heavy (non-hydrogen) atoms. The van der Waals surface area contributed by atoms with Crippen LogP contribution < -0.4 is 16.4 Å².